The van der Waals surface area contributed by atoms with Crippen molar-refractivity contribution in [2.75, 3.05) is 30.4 Å². The largest absolute Gasteiger partial charge is 0.481 e. The van der Waals surface area contributed by atoms with Gasteiger partial charge in [-0.25, -0.2) is 4.79 Å². The van der Waals surface area contributed by atoms with Crippen molar-refractivity contribution >= 4 is 23.3 Å². The van der Waals surface area contributed by atoms with E-state index in [2.05, 4.69) is 28.9 Å². The number of rotatable bonds is 7. The van der Waals surface area contributed by atoms with Crippen LogP contribution in [0.5, 0.6) is 11.8 Å². The number of fused-ring (bicyclic) bond motifs is 2. The first-order valence-corrected chi connectivity index (χ1v) is 11.6. The summed E-state index contributed by atoms with van der Waals surface area (Å²) < 4.78 is 35.6. The van der Waals surface area contributed by atoms with Gasteiger partial charge in [-0.15, -0.1) is 0 Å². The SMILES string of the molecule is COc1ccc(NC(=O)N(c2ccccc2C(C)C)C2C3CC2CN(C(C)=O)C3)c(OC(F)F)n1. The molecule has 1 aliphatic heterocycles. The quantitative estimate of drug-likeness (QED) is 0.610. The predicted molar refractivity (Wildman–Crippen MR) is 127 cm³/mol. The van der Waals surface area contributed by atoms with Gasteiger partial charge in [0, 0.05) is 37.8 Å². The van der Waals surface area contributed by atoms with Crippen LogP contribution in [-0.4, -0.2) is 54.7 Å². The molecule has 2 fully saturated rings. The minimum Gasteiger partial charge on any atom is -0.481 e. The Kier molecular flexibility index (Phi) is 7.09. The maximum absolute atomic E-state index is 13.8. The molecule has 8 nitrogen and oxygen atoms in total. The second-order valence-electron chi connectivity index (χ2n) is 9.27. The highest BCUT2D eigenvalue weighted by Gasteiger charge is 2.52. The Bertz CT molecular complexity index is 1080. The number of carbonyl (C=O) groups is 2. The van der Waals surface area contributed by atoms with Crippen molar-refractivity contribution in [1.82, 2.24) is 9.88 Å². The van der Waals surface area contributed by atoms with Gasteiger partial charge in [0.05, 0.1) is 7.11 Å². The number of para-hydroxylation sites is 1. The molecular formula is C25H30F2N4O4. The van der Waals surface area contributed by atoms with Crippen LogP contribution in [0.2, 0.25) is 0 Å². The molecule has 2 bridgehead atoms. The average molecular weight is 489 g/mol. The number of hydrogen-bond acceptors (Lipinski definition) is 5. The van der Waals surface area contributed by atoms with Crippen LogP contribution in [0.4, 0.5) is 25.0 Å². The highest BCUT2D eigenvalue weighted by Crippen LogP contribution is 2.46. The molecule has 3 amide bonds. The Balaban J connectivity index is 1.69. The molecule has 10 heteroatoms. The molecule has 2 aromatic rings. The topological polar surface area (TPSA) is 84.0 Å². The Labute approximate surface area is 203 Å². The number of anilines is 2. The van der Waals surface area contributed by atoms with E-state index in [0.29, 0.717) is 13.1 Å². The van der Waals surface area contributed by atoms with Crippen molar-refractivity contribution < 1.29 is 27.8 Å². The number of likely N-dealkylation sites (tertiary alicyclic amines) is 1. The molecular weight excluding hydrogens is 458 g/mol. The van der Waals surface area contributed by atoms with E-state index >= 15 is 0 Å². The summed E-state index contributed by atoms with van der Waals surface area (Å²) in [6.07, 6.45) is 0.923. The smallest absolute Gasteiger partial charge is 0.388 e. The number of ether oxygens (including phenoxy) is 2. The van der Waals surface area contributed by atoms with Gasteiger partial charge in [0.1, 0.15) is 5.69 Å². The number of benzene rings is 1. The number of urea groups is 1. The van der Waals surface area contributed by atoms with E-state index in [4.69, 9.17) is 4.74 Å². The van der Waals surface area contributed by atoms with Gasteiger partial charge in [-0.2, -0.15) is 13.8 Å². The Hall–Kier alpha value is -3.43. The molecule has 0 spiro atoms. The number of nitrogens with zero attached hydrogens (tertiary/aromatic N) is 3. The Morgan fingerprint density at radius 3 is 2.43 bits per heavy atom. The van der Waals surface area contributed by atoms with Gasteiger partial charge in [-0.05, 0) is 41.9 Å². The monoisotopic (exact) mass is 488 g/mol. The second kappa shape index (κ2) is 10.1. The third-order valence-corrected chi connectivity index (χ3v) is 6.75. The van der Waals surface area contributed by atoms with Crippen molar-refractivity contribution in [3.8, 4) is 11.8 Å². The molecule has 4 rings (SSSR count). The highest BCUT2D eigenvalue weighted by atomic mass is 19.3. The lowest BCUT2D eigenvalue weighted by atomic mass is 9.65. The standard InChI is InChI=1S/C25H30F2N4O4/c1-14(2)18-7-5-6-8-20(18)31(22-16-11-17(22)13-30(12-16)15(3)32)25(33)28-19-9-10-21(34-4)29-23(19)35-24(26)27/h5-10,14,16-17,22,24H,11-13H2,1-4H3,(H,28,33). The van der Waals surface area contributed by atoms with Gasteiger partial charge >= 0.3 is 12.6 Å². The number of pyridine rings is 1. The summed E-state index contributed by atoms with van der Waals surface area (Å²) >= 11 is 0. The number of amides is 3. The van der Waals surface area contributed by atoms with Crippen LogP contribution in [0.25, 0.3) is 0 Å². The highest BCUT2D eigenvalue weighted by molar-refractivity contribution is 6.03. The van der Waals surface area contributed by atoms with E-state index in [9.17, 15) is 18.4 Å². The number of hydrogen-bond donors (Lipinski definition) is 1. The van der Waals surface area contributed by atoms with E-state index in [1.54, 1.807) is 11.8 Å². The molecule has 1 aliphatic carbocycles. The van der Waals surface area contributed by atoms with Crippen LogP contribution < -0.4 is 19.7 Å². The van der Waals surface area contributed by atoms with Gasteiger partial charge in [0.2, 0.25) is 17.7 Å². The van der Waals surface area contributed by atoms with E-state index < -0.39 is 18.5 Å². The van der Waals surface area contributed by atoms with Crippen molar-refractivity contribution in [3.63, 3.8) is 0 Å². The van der Waals surface area contributed by atoms with Crippen molar-refractivity contribution in [3.05, 3.63) is 42.0 Å². The summed E-state index contributed by atoms with van der Waals surface area (Å²) in [5.41, 5.74) is 1.76. The van der Waals surface area contributed by atoms with Crippen LogP contribution in [0.15, 0.2) is 36.4 Å². The maximum Gasteiger partial charge on any atom is 0.388 e. The summed E-state index contributed by atoms with van der Waals surface area (Å²) in [6, 6.07) is 9.96. The van der Waals surface area contributed by atoms with E-state index in [1.165, 1.54) is 19.2 Å². The molecule has 1 saturated heterocycles. The summed E-state index contributed by atoms with van der Waals surface area (Å²) in [5.74, 6) is 0.0639. The second-order valence-corrected chi connectivity index (χ2v) is 9.27. The Morgan fingerprint density at radius 1 is 1.14 bits per heavy atom. The molecule has 188 valence electrons. The van der Waals surface area contributed by atoms with E-state index in [0.717, 1.165) is 17.7 Å². The predicted octanol–water partition coefficient (Wildman–Crippen LogP) is 4.72. The molecule has 1 N–H and O–H groups in total. The summed E-state index contributed by atoms with van der Waals surface area (Å²) in [4.78, 5) is 33.2. The molecule has 1 aromatic heterocycles. The van der Waals surface area contributed by atoms with Crippen LogP contribution in [-0.2, 0) is 4.79 Å². The van der Waals surface area contributed by atoms with Crippen molar-refractivity contribution in [1.29, 1.82) is 0 Å². The van der Waals surface area contributed by atoms with Gasteiger partial charge in [0.15, 0.2) is 0 Å². The lowest BCUT2D eigenvalue weighted by Crippen LogP contribution is -2.66. The fourth-order valence-corrected chi connectivity index (χ4v) is 5.12. The molecule has 2 atom stereocenters. The number of alkyl halides is 2. The first-order chi connectivity index (χ1) is 16.7. The summed E-state index contributed by atoms with van der Waals surface area (Å²) in [6.45, 7) is 3.69. The molecule has 1 saturated carbocycles. The lowest BCUT2D eigenvalue weighted by molar-refractivity contribution is -0.136. The van der Waals surface area contributed by atoms with Gasteiger partial charge in [0.25, 0.3) is 0 Å². The van der Waals surface area contributed by atoms with E-state index in [-0.39, 0.29) is 41.3 Å². The fraction of sp³-hybridized carbons (Fsp3) is 0.480. The van der Waals surface area contributed by atoms with Gasteiger partial charge in [-0.1, -0.05) is 32.0 Å². The summed E-state index contributed by atoms with van der Waals surface area (Å²) in [5, 5.41) is 2.73. The molecule has 1 aromatic carbocycles. The zero-order valence-electron chi connectivity index (χ0n) is 20.2. The van der Waals surface area contributed by atoms with Gasteiger partial charge in [-0.3, -0.25) is 9.69 Å². The minimum atomic E-state index is -3.12. The molecule has 2 aliphatic rings. The number of aromatic nitrogens is 1. The molecule has 2 unspecified atom stereocenters. The van der Waals surface area contributed by atoms with Crippen LogP contribution in [0, 0.1) is 11.8 Å². The van der Waals surface area contributed by atoms with Crippen molar-refractivity contribution in [2.45, 2.75) is 45.8 Å². The summed E-state index contributed by atoms with van der Waals surface area (Å²) in [7, 11) is 1.36. The number of methoxy groups -OCH3 is 1. The average Bonchev–Trinajstić information content (AvgIpc) is 2.82. The van der Waals surface area contributed by atoms with Crippen molar-refractivity contribution in [2.24, 2.45) is 11.8 Å². The van der Waals surface area contributed by atoms with Gasteiger partial charge < -0.3 is 19.7 Å². The molecule has 2 heterocycles. The van der Waals surface area contributed by atoms with E-state index in [1.807, 2.05) is 29.2 Å². The van der Waals surface area contributed by atoms with Crippen LogP contribution in [0.1, 0.15) is 38.7 Å². The first kappa shape index (κ1) is 24.7. The first-order valence-electron chi connectivity index (χ1n) is 11.6. The number of piperidine rings is 2. The molecule has 35 heavy (non-hydrogen) atoms. The third kappa shape index (κ3) is 5.01. The zero-order valence-corrected chi connectivity index (χ0v) is 20.2. The zero-order chi connectivity index (χ0) is 25.3. The molecule has 0 radical (unpaired) electrons. The Morgan fingerprint density at radius 2 is 1.83 bits per heavy atom. The number of halogens is 2. The van der Waals surface area contributed by atoms with Crippen LogP contribution >= 0.6 is 0 Å². The van der Waals surface area contributed by atoms with Crippen LogP contribution in [0.3, 0.4) is 0 Å². The minimum absolute atomic E-state index is 0.0120. The normalized spacial score (nSPS) is 20.9. The number of nitrogens with one attached hydrogen (secondary N) is 1. The maximum atomic E-state index is 13.8. The lowest BCUT2D eigenvalue weighted by Gasteiger charge is -2.57. The third-order valence-electron chi connectivity index (χ3n) is 6.75. The fourth-order valence-electron chi connectivity index (χ4n) is 5.12. The number of carbonyl (C=O) groups excluding carboxylic acids is 2.